The molecule has 21 heavy (non-hydrogen) atoms. The first-order valence-corrected chi connectivity index (χ1v) is 7.95. The van der Waals surface area contributed by atoms with Gasteiger partial charge in [0.05, 0.1) is 25.4 Å². The first-order valence-electron chi connectivity index (χ1n) is 7.95. The third-order valence-corrected chi connectivity index (χ3v) is 4.54. The molecule has 0 aromatic carbocycles. The second-order valence-electron chi connectivity index (χ2n) is 7.52. The van der Waals surface area contributed by atoms with Crippen molar-refractivity contribution in [2.45, 2.75) is 71.4 Å². The van der Waals surface area contributed by atoms with Gasteiger partial charge in [-0.25, -0.2) is 0 Å². The van der Waals surface area contributed by atoms with Crippen LogP contribution in [0.2, 0.25) is 0 Å². The first kappa shape index (κ1) is 18.8. The average Bonchev–Trinajstić information content (AvgIpc) is 2.42. The molecule has 1 aliphatic heterocycles. The summed E-state index contributed by atoms with van der Waals surface area (Å²) in [5.41, 5.74) is -0.00152. The van der Waals surface area contributed by atoms with Gasteiger partial charge in [-0.05, 0) is 24.2 Å². The van der Waals surface area contributed by atoms with E-state index in [2.05, 4.69) is 27.7 Å². The van der Waals surface area contributed by atoms with E-state index in [4.69, 9.17) is 4.74 Å². The van der Waals surface area contributed by atoms with Gasteiger partial charge >= 0.3 is 0 Å². The maximum atomic E-state index is 10.3. The summed E-state index contributed by atoms with van der Waals surface area (Å²) < 4.78 is 5.54. The molecule has 0 aromatic rings. The lowest BCUT2D eigenvalue weighted by Crippen LogP contribution is -2.57. The fourth-order valence-electron chi connectivity index (χ4n) is 3.10. The highest BCUT2D eigenvalue weighted by atomic mass is 16.5. The summed E-state index contributed by atoms with van der Waals surface area (Å²) >= 11 is 0. The SMILES string of the molecule is CC(C)CCC(C)(C)CC1C(CO)OC(CO)C(O)C1O. The van der Waals surface area contributed by atoms with Crippen molar-refractivity contribution in [2.24, 2.45) is 17.3 Å². The Morgan fingerprint density at radius 1 is 1.00 bits per heavy atom. The molecule has 0 spiro atoms. The predicted octanol–water partition coefficient (Wildman–Crippen LogP) is 0.929. The van der Waals surface area contributed by atoms with Crippen LogP contribution in [0.25, 0.3) is 0 Å². The van der Waals surface area contributed by atoms with Crippen molar-refractivity contribution in [2.75, 3.05) is 13.2 Å². The number of aliphatic hydroxyl groups excluding tert-OH is 4. The van der Waals surface area contributed by atoms with Gasteiger partial charge in [0.15, 0.2) is 0 Å². The molecule has 5 nitrogen and oxygen atoms in total. The van der Waals surface area contributed by atoms with Crippen LogP contribution in [-0.4, -0.2) is 58.1 Å². The second kappa shape index (κ2) is 7.88. The summed E-state index contributed by atoms with van der Waals surface area (Å²) in [4.78, 5) is 0. The maximum Gasteiger partial charge on any atom is 0.109 e. The molecule has 1 heterocycles. The van der Waals surface area contributed by atoms with Gasteiger partial charge in [-0.3, -0.25) is 0 Å². The van der Waals surface area contributed by atoms with Crippen LogP contribution in [-0.2, 0) is 4.74 Å². The topological polar surface area (TPSA) is 90.2 Å². The van der Waals surface area contributed by atoms with E-state index >= 15 is 0 Å². The van der Waals surface area contributed by atoms with Gasteiger partial charge in [-0.2, -0.15) is 0 Å². The Bertz CT molecular complexity index is 303. The van der Waals surface area contributed by atoms with E-state index in [0.29, 0.717) is 12.3 Å². The van der Waals surface area contributed by atoms with Gasteiger partial charge in [0.2, 0.25) is 0 Å². The van der Waals surface area contributed by atoms with Crippen LogP contribution in [0.3, 0.4) is 0 Å². The lowest BCUT2D eigenvalue weighted by molar-refractivity contribution is -0.221. The quantitative estimate of drug-likeness (QED) is 0.562. The minimum absolute atomic E-state index is 0.00152. The molecule has 126 valence electrons. The normalized spacial score (nSPS) is 34.4. The second-order valence-corrected chi connectivity index (χ2v) is 7.52. The van der Waals surface area contributed by atoms with Crippen LogP contribution in [0.4, 0.5) is 0 Å². The molecule has 1 saturated heterocycles. The van der Waals surface area contributed by atoms with Gasteiger partial charge in [-0.1, -0.05) is 34.1 Å². The number of hydrogen-bond acceptors (Lipinski definition) is 5. The Balaban J connectivity index is 2.74. The van der Waals surface area contributed by atoms with Crippen LogP contribution in [0.5, 0.6) is 0 Å². The van der Waals surface area contributed by atoms with Crippen molar-refractivity contribution < 1.29 is 25.2 Å². The molecule has 4 N–H and O–H groups in total. The van der Waals surface area contributed by atoms with Crippen LogP contribution >= 0.6 is 0 Å². The minimum Gasteiger partial charge on any atom is -0.394 e. The van der Waals surface area contributed by atoms with Gasteiger partial charge in [0.1, 0.15) is 12.2 Å². The molecule has 1 rings (SSSR count). The molecule has 5 atom stereocenters. The van der Waals surface area contributed by atoms with Gasteiger partial charge in [-0.15, -0.1) is 0 Å². The van der Waals surface area contributed by atoms with Crippen molar-refractivity contribution >= 4 is 0 Å². The zero-order valence-corrected chi connectivity index (χ0v) is 13.7. The summed E-state index contributed by atoms with van der Waals surface area (Å²) in [6.45, 7) is 8.06. The number of rotatable bonds is 7. The molecule has 0 saturated carbocycles. The third-order valence-electron chi connectivity index (χ3n) is 4.54. The Labute approximate surface area is 127 Å². The monoisotopic (exact) mass is 304 g/mol. The van der Waals surface area contributed by atoms with E-state index in [9.17, 15) is 20.4 Å². The van der Waals surface area contributed by atoms with Crippen molar-refractivity contribution in [3.8, 4) is 0 Å². The molecule has 0 bridgehead atoms. The van der Waals surface area contributed by atoms with E-state index in [1.54, 1.807) is 0 Å². The molecule has 0 aliphatic carbocycles. The van der Waals surface area contributed by atoms with Crippen molar-refractivity contribution in [3.05, 3.63) is 0 Å². The van der Waals surface area contributed by atoms with Crippen LogP contribution < -0.4 is 0 Å². The van der Waals surface area contributed by atoms with Gasteiger partial charge in [0, 0.05) is 5.92 Å². The zero-order chi connectivity index (χ0) is 16.2. The Morgan fingerprint density at radius 3 is 2.05 bits per heavy atom. The van der Waals surface area contributed by atoms with Gasteiger partial charge in [0.25, 0.3) is 0 Å². The largest absolute Gasteiger partial charge is 0.394 e. The lowest BCUT2D eigenvalue weighted by atomic mass is 9.72. The molecule has 1 aliphatic rings. The summed E-state index contributed by atoms with van der Waals surface area (Å²) in [7, 11) is 0. The summed E-state index contributed by atoms with van der Waals surface area (Å²) in [6, 6.07) is 0. The third kappa shape index (κ3) is 5.18. The Kier molecular flexibility index (Phi) is 7.07. The zero-order valence-electron chi connectivity index (χ0n) is 13.7. The fourth-order valence-corrected chi connectivity index (χ4v) is 3.10. The van der Waals surface area contributed by atoms with Crippen molar-refractivity contribution in [1.82, 2.24) is 0 Å². The van der Waals surface area contributed by atoms with Crippen molar-refractivity contribution in [3.63, 3.8) is 0 Å². The molecule has 1 fully saturated rings. The Hall–Kier alpha value is -0.200. The minimum atomic E-state index is -1.11. The predicted molar refractivity (Wildman–Crippen MR) is 80.8 cm³/mol. The highest BCUT2D eigenvalue weighted by Crippen LogP contribution is 2.38. The van der Waals surface area contributed by atoms with E-state index in [1.807, 2.05) is 0 Å². The van der Waals surface area contributed by atoms with E-state index in [0.717, 1.165) is 12.8 Å². The van der Waals surface area contributed by atoms with Crippen LogP contribution in [0.15, 0.2) is 0 Å². The maximum absolute atomic E-state index is 10.3. The molecular weight excluding hydrogens is 272 g/mol. The summed E-state index contributed by atoms with van der Waals surface area (Å²) in [5, 5.41) is 39.0. The molecule has 5 unspecified atom stereocenters. The van der Waals surface area contributed by atoms with Gasteiger partial charge < -0.3 is 25.2 Å². The van der Waals surface area contributed by atoms with Crippen LogP contribution in [0, 0.1) is 17.3 Å². The smallest absolute Gasteiger partial charge is 0.109 e. The van der Waals surface area contributed by atoms with E-state index < -0.39 is 24.4 Å². The first-order chi connectivity index (χ1) is 9.71. The molecule has 0 radical (unpaired) electrons. The lowest BCUT2D eigenvalue weighted by Gasteiger charge is -2.44. The van der Waals surface area contributed by atoms with Crippen LogP contribution in [0.1, 0.15) is 47.0 Å². The fraction of sp³-hybridized carbons (Fsp3) is 1.00. The van der Waals surface area contributed by atoms with E-state index in [1.165, 1.54) is 0 Å². The molecule has 0 aromatic heterocycles. The number of aliphatic hydroxyl groups is 4. The number of hydrogen-bond donors (Lipinski definition) is 4. The standard InChI is InChI=1S/C16H32O5/c1-10(2)5-6-16(3,4)7-11-12(8-17)21-13(9-18)15(20)14(11)19/h10-15,17-20H,5-9H2,1-4H3. The van der Waals surface area contributed by atoms with E-state index in [-0.39, 0.29) is 24.5 Å². The Morgan fingerprint density at radius 2 is 1.57 bits per heavy atom. The summed E-state index contributed by atoms with van der Waals surface area (Å²) in [5.74, 6) is 0.296. The highest BCUT2D eigenvalue weighted by Gasteiger charge is 2.45. The molecular formula is C16H32O5. The molecule has 0 amide bonds. The highest BCUT2D eigenvalue weighted by molar-refractivity contribution is 4.93. The van der Waals surface area contributed by atoms with Crippen molar-refractivity contribution in [1.29, 1.82) is 0 Å². The number of ether oxygens (including phenoxy) is 1. The molecule has 5 heteroatoms. The average molecular weight is 304 g/mol. The summed E-state index contributed by atoms with van der Waals surface area (Å²) in [6.07, 6.45) is -0.670.